The summed E-state index contributed by atoms with van der Waals surface area (Å²) >= 11 is 0. The molecule has 0 saturated heterocycles. The Kier molecular flexibility index (Phi) is 4.89. The van der Waals surface area contributed by atoms with Crippen molar-refractivity contribution in [2.45, 2.75) is 18.7 Å². The number of alkyl halides is 3. The molecule has 1 aromatic rings. The number of hydrogen-bond donors (Lipinski definition) is 2. The smallest absolute Gasteiger partial charge is 0.387 e. The first-order valence-corrected chi connectivity index (χ1v) is 5.09. The zero-order valence-corrected chi connectivity index (χ0v) is 8.97. The maximum atomic E-state index is 12.8. The first kappa shape index (κ1) is 13.9. The molecule has 2 nitrogen and oxygen atoms in total. The molecule has 1 rings (SSSR count). The van der Waals surface area contributed by atoms with Gasteiger partial charge in [0.1, 0.15) is 5.82 Å². The fourth-order valence-corrected chi connectivity index (χ4v) is 1.30. The number of aliphatic hydroxyl groups excluding tert-OH is 1. The van der Waals surface area contributed by atoms with Gasteiger partial charge in [0.2, 0.25) is 0 Å². The maximum absolute atomic E-state index is 12.8. The topological polar surface area (TPSA) is 32.3 Å². The van der Waals surface area contributed by atoms with Gasteiger partial charge in [0, 0.05) is 13.1 Å². The summed E-state index contributed by atoms with van der Waals surface area (Å²) in [5.41, 5.74) is 0.338. The number of nitrogens with one attached hydrogen (secondary N) is 1. The van der Waals surface area contributed by atoms with E-state index < -0.39 is 24.5 Å². The summed E-state index contributed by atoms with van der Waals surface area (Å²) in [5, 5.41) is 12.0. The molecule has 0 bridgehead atoms. The van der Waals surface area contributed by atoms with Crippen LogP contribution in [0.2, 0.25) is 0 Å². The minimum atomic E-state index is -4.21. The molecule has 0 amide bonds. The lowest BCUT2D eigenvalue weighted by molar-refractivity contribution is -0.133. The van der Waals surface area contributed by atoms with Crippen molar-refractivity contribution in [3.8, 4) is 0 Å². The lowest BCUT2D eigenvalue weighted by Gasteiger charge is -2.13. The highest BCUT2D eigenvalue weighted by Crippen LogP contribution is 2.18. The van der Waals surface area contributed by atoms with Gasteiger partial charge in [0.05, 0.1) is 12.5 Å². The van der Waals surface area contributed by atoms with Gasteiger partial charge >= 0.3 is 6.18 Å². The van der Waals surface area contributed by atoms with Gasteiger partial charge in [0.25, 0.3) is 0 Å². The lowest BCUT2D eigenvalue weighted by Crippen LogP contribution is -2.26. The van der Waals surface area contributed by atoms with E-state index in [4.69, 9.17) is 0 Å². The van der Waals surface area contributed by atoms with Crippen LogP contribution in [0.1, 0.15) is 18.1 Å². The molecule has 0 aliphatic rings. The van der Waals surface area contributed by atoms with E-state index in [1.165, 1.54) is 18.2 Å². The Bertz CT molecular complexity index is 354. The van der Waals surface area contributed by atoms with Gasteiger partial charge in [-0.25, -0.2) is 4.39 Å². The van der Waals surface area contributed by atoms with Crippen LogP contribution in [0.5, 0.6) is 0 Å². The summed E-state index contributed by atoms with van der Waals surface area (Å²) in [5.74, 6) is -0.489. The number of benzene rings is 1. The summed E-state index contributed by atoms with van der Waals surface area (Å²) in [4.78, 5) is 0. The van der Waals surface area contributed by atoms with Gasteiger partial charge in [-0.15, -0.1) is 0 Å². The Morgan fingerprint density at radius 2 is 2.00 bits per heavy atom. The normalized spacial score (nSPS) is 13.7. The first-order chi connectivity index (χ1) is 7.88. The van der Waals surface area contributed by atoms with E-state index in [9.17, 15) is 22.7 Å². The van der Waals surface area contributed by atoms with Gasteiger partial charge in [-0.3, -0.25) is 0 Å². The van der Waals surface area contributed by atoms with Crippen LogP contribution < -0.4 is 5.32 Å². The third kappa shape index (κ3) is 5.65. The van der Waals surface area contributed by atoms with Crippen LogP contribution in [0.25, 0.3) is 0 Å². The van der Waals surface area contributed by atoms with Crippen molar-refractivity contribution in [1.29, 1.82) is 0 Å². The molecule has 0 spiro atoms. The van der Waals surface area contributed by atoms with E-state index in [0.717, 1.165) is 6.07 Å². The van der Waals surface area contributed by atoms with E-state index in [0.29, 0.717) is 5.56 Å². The number of aliphatic hydroxyl groups is 1. The van der Waals surface area contributed by atoms with Crippen LogP contribution in [0.3, 0.4) is 0 Å². The van der Waals surface area contributed by atoms with Crippen molar-refractivity contribution < 1.29 is 22.7 Å². The molecule has 0 heterocycles. The molecule has 1 aromatic carbocycles. The van der Waals surface area contributed by atoms with Crippen LogP contribution in [0, 0.1) is 5.82 Å². The standard InChI is InChI=1S/C11H13F4NO/c12-9-3-1-2-8(6-9)10(17)7-16-5-4-11(13,14)15/h1-3,6,10,16-17H,4-5,7H2. The largest absolute Gasteiger partial charge is 0.390 e. The number of hydrogen-bond acceptors (Lipinski definition) is 2. The van der Waals surface area contributed by atoms with E-state index in [2.05, 4.69) is 5.32 Å². The quantitative estimate of drug-likeness (QED) is 0.622. The molecule has 0 aliphatic carbocycles. The molecule has 0 aliphatic heterocycles. The third-order valence-electron chi connectivity index (χ3n) is 2.16. The number of halogens is 4. The Hall–Kier alpha value is -1.14. The summed E-state index contributed by atoms with van der Waals surface area (Å²) < 4.78 is 48.2. The monoisotopic (exact) mass is 251 g/mol. The predicted molar refractivity (Wildman–Crippen MR) is 54.9 cm³/mol. The van der Waals surface area contributed by atoms with Crippen molar-refractivity contribution in [3.05, 3.63) is 35.6 Å². The summed E-state index contributed by atoms with van der Waals surface area (Å²) in [6, 6.07) is 5.33. The second kappa shape index (κ2) is 5.97. The van der Waals surface area contributed by atoms with Gasteiger partial charge < -0.3 is 10.4 Å². The minimum absolute atomic E-state index is 0.0421. The van der Waals surface area contributed by atoms with Crippen LogP contribution in [-0.2, 0) is 0 Å². The summed E-state index contributed by atoms with van der Waals surface area (Å²) in [6.45, 7) is -0.310. The third-order valence-corrected chi connectivity index (χ3v) is 2.16. The van der Waals surface area contributed by atoms with Crippen LogP contribution >= 0.6 is 0 Å². The van der Waals surface area contributed by atoms with Crippen molar-refractivity contribution in [2.24, 2.45) is 0 Å². The second-order valence-corrected chi connectivity index (χ2v) is 3.64. The minimum Gasteiger partial charge on any atom is -0.387 e. The van der Waals surface area contributed by atoms with Gasteiger partial charge in [-0.05, 0) is 17.7 Å². The highest BCUT2D eigenvalue weighted by molar-refractivity contribution is 5.18. The van der Waals surface area contributed by atoms with Gasteiger partial charge in [-0.1, -0.05) is 12.1 Å². The SMILES string of the molecule is OC(CNCCC(F)(F)F)c1cccc(F)c1. The van der Waals surface area contributed by atoms with Crippen molar-refractivity contribution in [3.63, 3.8) is 0 Å². The van der Waals surface area contributed by atoms with Crippen molar-refractivity contribution >= 4 is 0 Å². The van der Waals surface area contributed by atoms with Crippen LogP contribution in [-0.4, -0.2) is 24.4 Å². The van der Waals surface area contributed by atoms with E-state index in [1.54, 1.807) is 0 Å². The Morgan fingerprint density at radius 1 is 1.29 bits per heavy atom. The van der Waals surface area contributed by atoms with Crippen LogP contribution in [0.4, 0.5) is 17.6 Å². The molecule has 0 fully saturated rings. The summed E-state index contributed by atoms with van der Waals surface area (Å²) in [7, 11) is 0. The maximum Gasteiger partial charge on any atom is 0.390 e. The molecule has 2 N–H and O–H groups in total. The van der Waals surface area contributed by atoms with Crippen molar-refractivity contribution in [2.75, 3.05) is 13.1 Å². The first-order valence-electron chi connectivity index (χ1n) is 5.09. The fourth-order valence-electron chi connectivity index (χ4n) is 1.30. The Morgan fingerprint density at radius 3 is 2.59 bits per heavy atom. The zero-order valence-electron chi connectivity index (χ0n) is 8.97. The molecule has 17 heavy (non-hydrogen) atoms. The van der Waals surface area contributed by atoms with E-state index in [1.807, 2.05) is 0 Å². The van der Waals surface area contributed by atoms with E-state index in [-0.39, 0.29) is 13.1 Å². The number of rotatable bonds is 5. The highest BCUT2D eigenvalue weighted by atomic mass is 19.4. The average molecular weight is 251 g/mol. The predicted octanol–water partition coefficient (Wildman–Crippen LogP) is 2.40. The molecular weight excluding hydrogens is 238 g/mol. The van der Waals surface area contributed by atoms with E-state index >= 15 is 0 Å². The van der Waals surface area contributed by atoms with Gasteiger partial charge in [-0.2, -0.15) is 13.2 Å². The molecule has 0 radical (unpaired) electrons. The van der Waals surface area contributed by atoms with Crippen LogP contribution in [0.15, 0.2) is 24.3 Å². The fraction of sp³-hybridized carbons (Fsp3) is 0.455. The lowest BCUT2D eigenvalue weighted by atomic mass is 10.1. The van der Waals surface area contributed by atoms with Gasteiger partial charge in [0.15, 0.2) is 0 Å². The Balaban J connectivity index is 2.33. The van der Waals surface area contributed by atoms with Crippen molar-refractivity contribution in [1.82, 2.24) is 5.32 Å². The molecule has 0 saturated carbocycles. The molecule has 1 atom stereocenters. The Labute approximate surface area is 96.3 Å². The summed E-state index contributed by atoms with van der Waals surface area (Å²) in [6.07, 6.45) is -6.18. The molecular formula is C11H13F4NO. The molecule has 96 valence electrons. The molecule has 0 aromatic heterocycles. The average Bonchev–Trinajstić information content (AvgIpc) is 2.23. The molecule has 6 heteroatoms. The molecule has 1 unspecified atom stereocenters. The second-order valence-electron chi connectivity index (χ2n) is 3.64. The zero-order chi connectivity index (χ0) is 12.9. The highest BCUT2D eigenvalue weighted by Gasteiger charge is 2.26.